The van der Waals surface area contributed by atoms with Crippen LogP contribution in [0, 0.1) is 0 Å². The number of sulfonamides is 1. The summed E-state index contributed by atoms with van der Waals surface area (Å²) in [7, 11) is -3.85. The number of benzene rings is 1. The van der Waals surface area contributed by atoms with Crippen molar-refractivity contribution in [1.82, 2.24) is 19.2 Å². The first-order chi connectivity index (χ1) is 14.7. The number of quaternary nitrogens is 1. The molecule has 1 spiro atoms. The second-order valence-electron chi connectivity index (χ2n) is 7.17. The van der Waals surface area contributed by atoms with Gasteiger partial charge in [-0.1, -0.05) is 18.2 Å². The molecule has 0 saturated carbocycles. The normalized spacial score (nSPS) is 27.7. The van der Waals surface area contributed by atoms with Crippen LogP contribution in [0.25, 0.3) is 6.08 Å². The molecular formula is C18H22N7O5S+. The molecule has 0 bridgehead atoms. The van der Waals surface area contributed by atoms with Crippen molar-refractivity contribution >= 4 is 45.4 Å². The molecule has 4 atom stereocenters. The SMILES string of the molecule is Nc1ccccc1/C=C/S(=O)(=O)NC[C@H]1OC[N+]2(C=Nc3c(N)ncnc32)[C@H](O)[C@@H]1O. The van der Waals surface area contributed by atoms with Gasteiger partial charge in [0.15, 0.2) is 24.3 Å². The maximum absolute atomic E-state index is 12.3. The summed E-state index contributed by atoms with van der Waals surface area (Å²) in [5.41, 5.74) is 12.9. The molecule has 2 aliphatic rings. The molecule has 7 N–H and O–H groups in total. The summed E-state index contributed by atoms with van der Waals surface area (Å²) in [4.78, 5) is 12.1. The van der Waals surface area contributed by atoms with Crippen LogP contribution >= 0.6 is 0 Å². The standard InChI is InChI=1S/C18H22N7O5S/c19-12-4-2-1-3-11(12)5-6-31(28,29)24-7-13-15(26)18(27)25(10-30-13)9-23-14-16(20)21-8-22-17(14)25/h1-6,8-9,13,15,18,24,26-27H,7,10,19H2,(H2,20,21,22)/q+1/b6-5+/t13-,15-,18-,25?/m1/s1. The molecule has 1 unspecified atom stereocenters. The van der Waals surface area contributed by atoms with E-state index in [-0.39, 0.29) is 23.6 Å². The highest BCUT2D eigenvalue weighted by atomic mass is 32.2. The predicted molar refractivity (Wildman–Crippen MR) is 115 cm³/mol. The zero-order chi connectivity index (χ0) is 22.2. The smallest absolute Gasteiger partial charge is 0.269 e. The van der Waals surface area contributed by atoms with Crippen LogP contribution in [-0.4, -0.2) is 66.6 Å². The van der Waals surface area contributed by atoms with Gasteiger partial charge in [-0.3, -0.25) is 0 Å². The Morgan fingerprint density at radius 1 is 1.26 bits per heavy atom. The van der Waals surface area contributed by atoms with Gasteiger partial charge in [-0.15, -0.1) is 0 Å². The Labute approximate surface area is 178 Å². The first kappa shape index (κ1) is 21.3. The minimum absolute atomic E-state index is 0.131. The largest absolute Gasteiger partial charge is 0.398 e. The lowest BCUT2D eigenvalue weighted by atomic mass is 10.1. The molecule has 3 heterocycles. The lowest BCUT2D eigenvalue weighted by molar-refractivity contribution is -0.191. The van der Waals surface area contributed by atoms with Gasteiger partial charge >= 0.3 is 0 Å². The number of nitrogens with one attached hydrogen (secondary N) is 1. The Hall–Kier alpha value is -2.94. The number of hydrogen-bond donors (Lipinski definition) is 5. The van der Waals surface area contributed by atoms with E-state index in [2.05, 4.69) is 19.7 Å². The third-order valence-electron chi connectivity index (χ3n) is 5.19. The Balaban J connectivity index is 1.44. The number of anilines is 2. The summed E-state index contributed by atoms with van der Waals surface area (Å²) < 4.78 is 32.2. The van der Waals surface area contributed by atoms with E-state index >= 15 is 0 Å². The fraction of sp³-hybridized carbons (Fsp3) is 0.278. The van der Waals surface area contributed by atoms with Crippen LogP contribution < -0.4 is 20.7 Å². The van der Waals surface area contributed by atoms with Gasteiger partial charge in [0.25, 0.3) is 5.82 Å². The maximum atomic E-state index is 12.3. The summed E-state index contributed by atoms with van der Waals surface area (Å²) in [6.45, 7) is -0.390. The molecule has 31 heavy (non-hydrogen) atoms. The van der Waals surface area contributed by atoms with E-state index in [1.54, 1.807) is 24.3 Å². The highest BCUT2D eigenvalue weighted by Crippen LogP contribution is 2.42. The van der Waals surface area contributed by atoms with Crippen LogP contribution in [-0.2, 0) is 14.8 Å². The first-order valence-electron chi connectivity index (χ1n) is 9.27. The number of hydrogen-bond acceptors (Lipinski definition) is 10. The molecule has 164 valence electrons. The van der Waals surface area contributed by atoms with Gasteiger partial charge in [0.05, 0.1) is 0 Å². The molecule has 1 fully saturated rings. The average molecular weight is 448 g/mol. The summed E-state index contributed by atoms with van der Waals surface area (Å²) >= 11 is 0. The van der Waals surface area contributed by atoms with Crippen molar-refractivity contribution < 1.29 is 23.4 Å². The lowest BCUT2D eigenvalue weighted by Gasteiger charge is -2.42. The monoisotopic (exact) mass is 448 g/mol. The Bertz CT molecular complexity index is 1160. The minimum atomic E-state index is -3.85. The zero-order valence-corrected chi connectivity index (χ0v) is 17.1. The van der Waals surface area contributed by atoms with E-state index in [0.717, 1.165) is 5.41 Å². The molecule has 4 rings (SSSR count). The number of nitrogens with zero attached hydrogens (tertiary/aromatic N) is 4. The number of para-hydroxylation sites is 1. The highest BCUT2D eigenvalue weighted by molar-refractivity contribution is 7.92. The van der Waals surface area contributed by atoms with Gasteiger partial charge in [0.1, 0.15) is 12.4 Å². The number of fused-ring (bicyclic) bond motifs is 2. The molecule has 1 saturated heterocycles. The van der Waals surface area contributed by atoms with Gasteiger partial charge in [0, 0.05) is 17.6 Å². The van der Waals surface area contributed by atoms with Crippen molar-refractivity contribution in [2.75, 3.05) is 24.7 Å². The first-order valence-corrected chi connectivity index (χ1v) is 10.8. The second kappa shape index (κ2) is 7.96. The quantitative estimate of drug-likeness (QED) is 0.290. The fourth-order valence-corrected chi connectivity index (χ4v) is 4.24. The van der Waals surface area contributed by atoms with Crippen LogP contribution in [0.5, 0.6) is 0 Å². The number of nitrogens with two attached hydrogens (primary N) is 2. The Morgan fingerprint density at radius 2 is 2.03 bits per heavy atom. The van der Waals surface area contributed by atoms with E-state index < -0.39 is 28.5 Å². The number of ether oxygens (including phenoxy) is 1. The number of aromatic nitrogens is 2. The van der Waals surface area contributed by atoms with Crippen LogP contribution in [0.3, 0.4) is 0 Å². The summed E-state index contributed by atoms with van der Waals surface area (Å²) in [5.74, 6) is 0.431. The number of aliphatic hydroxyl groups is 2. The summed E-state index contributed by atoms with van der Waals surface area (Å²) in [6, 6.07) is 6.82. The molecule has 2 aromatic rings. The second-order valence-corrected chi connectivity index (χ2v) is 8.82. The van der Waals surface area contributed by atoms with Crippen LogP contribution in [0.1, 0.15) is 5.56 Å². The molecule has 2 aliphatic heterocycles. The predicted octanol–water partition coefficient (Wildman–Crippen LogP) is -0.752. The van der Waals surface area contributed by atoms with Crippen molar-refractivity contribution in [2.24, 2.45) is 4.99 Å². The average Bonchev–Trinajstić information content (AvgIpc) is 3.12. The molecule has 1 aromatic heterocycles. The van der Waals surface area contributed by atoms with E-state index in [0.29, 0.717) is 22.8 Å². The van der Waals surface area contributed by atoms with Crippen molar-refractivity contribution in [2.45, 2.75) is 18.4 Å². The maximum Gasteiger partial charge on any atom is 0.269 e. The van der Waals surface area contributed by atoms with Crippen molar-refractivity contribution in [3.05, 3.63) is 41.6 Å². The zero-order valence-electron chi connectivity index (χ0n) is 16.2. The molecule has 12 nitrogen and oxygen atoms in total. The third-order valence-corrected chi connectivity index (χ3v) is 6.25. The Kier molecular flexibility index (Phi) is 5.47. The van der Waals surface area contributed by atoms with Gasteiger partial charge in [-0.25, -0.2) is 18.1 Å². The number of aliphatic imine (C=N–C) groups is 1. The van der Waals surface area contributed by atoms with Gasteiger partial charge in [-0.05, 0) is 17.7 Å². The topological polar surface area (TPSA) is 186 Å². The summed E-state index contributed by atoms with van der Waals surface area (Å²) in [5, 5.41) is 22.4. The van der Waals surface area contributed by atoms with Crippen molar-refractivity contribution in [3.8, 4) is 0 Å². The van der Waals surface area contributed by atoms with Crippen molar-refractivity contribution in [3.63, 3.8) is 0 Å². The number of rotatable bonds is 5. The third kappa shape index (κ3) is 3.89. The van der Waals surface area contributed by atoms with E-state index in [4.69, 9.17) is 16.2 Å². The lowest BCUT2D eigenvalue weighted by Crippen LogP contribution is -2.69. The van der Waals surface area contributed by atoms with E-state index in [1.807, 2.05) is 0 Å². The van der Waals surface area contributed by atoms with Gasteiger partial charge in [0.2, 0.25) is 22.6 Å². The Morgan fingerprint density at radius 3 is 2.81 bits per heavy atom. The van der Waals surface area contributed by atoms with Crippen molar-refractivity contribution in [1.29, 1.82) is 0 Å². The van der Waals surface area contributed by atoms with Crippen LogP contribution in [0.15, 0.2) is 41.0 Å². The number of nitrogen functional groups attached to an aromatic ring is 2. The molecule has 1 aromatic carbocycles. The fourth-order valence-electron chi connectivity index (χ4n) is 3.42. The number of aliphatic hydroxyl groups excluding tert-OH is 2. The molecular weight excluding hydrogens is 426 g/mol. The van der Waals surface area contributed by atoms with E-state index in [1.165, 1.54) is 18.7 Å². The highest BCUT2D eigenvalue weighted by Gasteiger charge is 2.54. The van der Waals surface area contributed by atoms with Gasteiger partial charge in [-0.2, -0.15) is 14.5 Å². The molecule has 13 heteroatoms. The van der Waals surface area contributed by atoms with Crippen LogP contribution in [0.4, 0.5) is 23.0 Å². The van der Waals surface area contributed by atoms with Crippen LogP contribution in [0.2, 0.25) is 0 Å². The molecule has 0 radical (unpaired) electrons. The minimum Gasteiger partial charge on any atom is -0.398 e. The molecule has 0 aliphatic carbocycles. The summed E-state index contributed by atoms with van der Waals surface area (Å²) in [6.07, 6.45) is 0.138. The van der Waals surface area contributed by atoms with Gasteiger partial charge < -0.3 is 26.4 Å². The molecule has 0 amide bonds. The van der Waals surface area contributed by atoms with E-state index in [9.17, 15) is 18.6 Å².